The lowest BCUT2D eigenvalue weighted by Gasteiger charge is -2.06. The summed E-state index contributed by atoms with van der Waals surface area (Å²) in [6.45, 7) is 3.92. The number of carbonyl (C=O) groups excluding carboxylic acids is 1. The van der Waals surface area contributed by atoms with Crippen LogP contribution in [0, 0.1) is 13.8 Å². The molecule has 23 heavy (non-hydrogen) atoms. The van der Waals surface area contributed by atoms with Crippen molar-refractivity contribution >= 4 is 27.5 Å². The summed E-state index contributed by atoms with van der Waals surface area (Å²) in [5.41, 5.74) is 1.34. The van der Waals surface area contributed by atoms with Crippen LogP contribution in [-0.2, 0) is 22.7 Å². The molecule has 3 rings (SSSR count). The maximum absolute atomic E-state index is 12.2. The highest BCUT2D eigenvalue weighted by Crippen LogP contribution is 2.14. The number of carbonyl (C=O) groups is 1. The minimum absolute atomic E-state index is 0.0978. The number of aryl methyl sites for hydroxylation is 3. The van der Waals surface area contributed by atoms with Gasteiger partial charge in [-0.1, -0.05) is 5.16 Å². The lowest BCUT2D eigenvalue weighted by molar-refractivity contribution is -0.145. The predicted octanol–water partition coefficient (Wildman–Crippen LogP) is 2.20. The Hall–Kier alpha value is -2.48. The molecule has 0 radical (unpaired) electrons. The minimum atomic E-state index is -0.387. The molecule has 0 amide bonds. The van der Waals surface area contributed by atoms with Crippen molar-refractivity contribution in [3.05, 3.63) is 45.1 Å². The molecule has 0 saturated carbocycles. The second-order valence-corrected chi connectivity index (χ2v) is 5.99. The van der Waals surface area contributed by atoms with Crippen LogP contribution in [0.5, 0.6) is 0 Å². The van der Waals surface area contributed by atoms with Gasteiger partial charge in [0, 0.05) is 6.54 Å². The summed E-state index contributed by atoms with van der Waals surface area (Å²) in [5, 5.41) is 6.20. The number of thiophene rings is 1. The highest BCUT2D eigenvalue weighted by Gasteiger charge is 2.12. The summed E-state index contributed by atoms with van der Waals surface area (Å²) in [4.78, 5) is 28.9. The number of nitrogens with zero attached hydrogens (tertiary/aromatic N) is 3. The minimum Gasteiger partial charge on any atom is -0.461 e. The van der Waals surface area contributed by atoms with E-state index < -0.39 is 0 Å². The van der Waals surface area contributed by atoms with Gasteiger partial charge in [0.25, 0.3) is 5.56 Å². The maximum atomic E-state index is 12.2. The molecule has 3 aromatic heterocycles. The van der Waals surface area contributed by atoms with Crippen molar-refractivity contribution in [2.24, 2.45) is 0 Å². The van der Waals surface area contributed by atoms with Gasteiger partial charge in [-0.3, -0.25) is 14.2 Å². The SMILES string of the molecule is Cc1noc(C)c1COC(=O)CCn1cnc2sccc2c1=O. The first-order chi connectivity index (χ1) is 11.1. The van der Waals surface area contributed by atoms with Crippen LogP contribution in [0.25, 0.3) is 10.2 Å². The van der Waals surface area contributed by atoms with E-state index in [4.69, 9.17) is 9.26 Å². The van der Waals surface area contributed by atoms with Gasteiger partial charge >= 0.3 is 5.97 Å². The molecule has 0 unspecified atom stereocenters. The summed E-state index contributed by atoms with van der Waals surface area (Å²) >= 11 is 1.41. The normalized spacial score (nSPS) is 11.0. The van der Waals surface area contributed by atoms with Crippen LogP contribution < -0.4 is 5.56 Å². The molecule has 0 saturated heterocycles. The van der Waals surface area contributed by atoms with Crippen LogP contribution in [0.1, 0.15) is 23.4 Å². The monoisotopic (exact) mass is 333 g/mol. The third-order valence-corrected chi connectivity index (χ3v) is 4.39. The van der Waals surface area contributed by atoms with E-state index in [9.17, 15) is 9.59 Å². The summed E-state index contributed by atoms with van der Waals surface area (Å²) < 4.78 is 11.6. The van der Waals surface area contributed by atoms with Gasteiger partial charge in [-0.15, -0.1) is 11.3 Å². The molecule has 0 aliphatic rings. The van der Waals surface area contributed by atoms with E-state index in [-0.39, 0.29) is 31.1 Å². The highest BCUT2D eigenvalue weighted by molar-refractivity contribution is 7.16. The van der Waals surface area contributed by atoms with E-state index in [1.807, 2.05) is 5.38 Å². The van der Waals surface area contributed by atoms with Gasteiger partial charge in [0.05, 0.1) is 29.4 Å². The van der Waals surface area contributed by atoms with Crippen molar-refractivity contribution in [3.63, 3.8) is 0 Å². The van der Waals surface area contributed by atoms with Crippen LogP contribution >= 0.6 is 11.3 Å². The molecule has 0 bridgehead atoms. The molecule has 8 heteroatoms. The van der Waals surface area contributed by atoms with Crippen molar-refractivity contribution in [2.75, 3.05) is 0 Å². The Bertz CT molecular complexity index is 889. The molecule has 0 spiro atoms. The van der Waals surface area contributed by atoms with Gasteiger partial charge in [0.15, 0.2) is 0 Å². The Labute approximate surface area is 135 Å². The van der Waals surface area contributed by atoms with Crippen LogP contribution in [0.2, 0.25) is 0 Å². The number of fused-ring (bicyclic) bond motifs is 1. The molecule has 0 aliphatic carbocycles. The largest absolute Gasteiger partial charge is 0.461 e. The van der Waals surface area contributed by atoms with Crippen molar-refractivity contribution in [2.45, 2.75) is 33.4 Å². The molecule has 0 N–H and O–H groups in total. The molecule has 3 heterocycles. The second-order valence-electron chi connectivity index (χ2n) is 5.10. The van der Waals surface area contributed by atoms with E-state index in [1.165, 1.54) is 22.2 Å². The Morgan fingerprint density at radius 1 is 1.43 bits per heavy atom. The quantitative estimate of drug-likeness (QED) is 0.665. The zero-order chi connectivity index (χ0) is 16.4. The Balaban J connectivity index is 1.60. The van der Waals surface area contributed by atoms with Crippen molar-refractivity contribution in [3.8, 4) is 0 Å². The highest BCUT2D eigenvalue weighted by atomic mass is 32.1. The molecular weight excluding hydrogens is 318 g/mol. The van der Waals surface area contributed by atoms with E-state index in [2.05, 4.69) is 10.1 Å². The second kappa shape index (κ2) is 6.33. The fraction of sp³-hybridized carbons (Fsp3) is 0.333. The summed E-state index contributed by atoms with van der Waals surface area (Å²) in [7, 11) is 0. The maximum Gasteiger partial charge on any atom is 0.307 e. The van der Waals surface area contributed by atoms with Crippen molar-refractivity contribution in [1.82, 2.24) is 14.7 Å². The van der Waals surface area contributed by atoms with Crippen LogP contribution in [0.3, 0.4) is 0 Å². The number of aromatic nitrogens is 3. The Morgan fingerprint density at radius 3 is 3.00 bits per heavy atom. The van der Waals surface area contributed by atoms with Crippen molar-refractivity contribution < 1.29 is 14.1 Å². The van der Waals surface area contributed by atoms with E-state index in [0.717, 1.165) is 5.56 Å². The number of hydrogen-bond donors (Lipinski definition) is 0. The van der Waals surface area contributed by atoms with Gasteiger partial charge in [0.2, 0.25) is 0 Å². The van der Waals surface area contributed by atoms with Gasteiger partial charge in [-0.05, 0) is 25.3 Å². The zero-order valence-corrected chi connectivity index (χ0v) is 13.6. The van der Waals surface area contributed by atoms with Gasteiger partial charge < -0.3 is 9.26 Å². The van der Waals surface area contributed by atoms with E-state index in [1.54, 1.807) is 19.9 Å². The third kappa shape index (κ3) is 3.16. The fourth-order valence-electron chi connectivity index (χ4n) is 2.20. The molecule has 120 valence electrons. The summed E-state index contributed by atoms with van der Waals surface area (Å²) in [5.74, 6) is 0.251. The number of rotatable bonds is 5. The van der Waals surface area contributed by atoms with E-state index >= 15 is 0 Å². The van der Waals surface area contributed by atoms with Crippen LogP contribution in [-0.4, -0.2) is 20.7 Å². The molecule has 0 atom stereocenters. The molecule has 0 fully saturated rings. The summed E-state index contributed by atoms with van der Waals surface area (Å²) in [6.07, 6.45) is 1.56. The number of esters is 1. The molecule has 7 nitrogen and oxygen atoms in total. The van der Waals surface area contributed by atoms with Gasteiger partial charge in [-0.25, -0.2) is 4.98 Å². The fourth-order valence-corrected chi connectivity index (χ4v) is 2.92. The first-order valence-corrected chi connectivity index (χ1v) is 7.94. The van der Waals surface area contributed by atoms with Gasteiger partial charge in [0.1, 0.15) is 17.2 Å². The average molecular weight is 333 g/mol. The Kier molecular flexibility index (Phi) is 4.24. The number of hydrogen-bond acceptors (Lipinski definition) is 7. The summed E-state index contributed by atoms with van der Waals surface area (Å²) in [6, 6.07) is 1.74. The molecule has 0 aliphatic heterocycles. The Morgan fingerprint density at radius 2 is 2.26 bits per heavy atom. The standard InChI is InChI=1S/C15H15N3O4S/c1-9-12(10(2)22-17-9)7-21-13(19)3-5-18-8-16-14-11(15(18)20)4-6-23-14/h4,6,8H,3,5,7H2,1-2H3. The zero-order valence-electron chi connectivity index (χ0n) is 12.7. The van der Waals surface area contributed by atoms with Crippen molar-refractivity contribution in [1.29, 1.82) is 0 Å². The number of ether oxygens (including phenoxy) is 1. The third-order valence-electron chi connectivity index (χ3n) is 3.57. The molecule has 3 aromatic rings. The molecular formula is C15H15N3O4S. The first kappa shape index (κ1) is 15.4. The lowest BCUT2D eigenvalue weighted by Crippen LogP contribution is -2.22. The molecule has 0 aromatic carbocycles. The smallest absolute Gasteiger partial charge is 0.307 e. The topological polar surface area (TPSA) is 87.2 Å². The predicted molar refractivity (Wildman–Crippen MR) is 84.3 cm³/mol. The van der Waals surface area contributed by atoms with Crippen LogP contribution in [0.15, 0.2) is 27.1 Å². The van der Waals surface area contributed by atoms with E-state index in [0.29, 0.717) is 21.7 Å². The first-order valence-electron chi connectivity index (χ1n) is 7.06. The van der Waals surface area contributed by atoms with Crippen LogP contribution in [0.4, 0.5) is 0 Å². The van der Waals surface area contributed by atoms with Gasteiger partial charge in [-0.2, -0.15) is 0 Å². The lowest BCUT2D eigenvalue weighted by atomic mass is 10.2. The average Bonchev–Trinajstić information content (AvgIpc) is 3.13.